The third kappa shape index (κ3) is 4.34. The predicted molar refractivity (Wildman–Crippen MR) is 99.5 cm³/mol. The Hall–Kier alpha value is -2.02. The fourth-order valence-electron chi connectivity index (χ4n) is 2.63. The quantitative estimate of drug-likeness (QED) is 0.757. The molecule has 0 atom stereocenters. The lowest BCUT2D eigenvalue weighted by molar-refractivity contribution is 0.0698. The summed E-state index contributed by atoms with van der Waals surface area (Å²) in [4.78, 5) is 24.8. The lowest BCUT2D eigenvalue weighted by Gasteiger charge is -2.15. The van der Waals surface area contributed by atoms with Crippen molar-refractivity contribution in [1.29, 1.82) is 0 Å². The van der Waals surface area contributed by atoms with Gasteiger partial charge in [0.25, 0.3) is 5.91 Å². The van der Waals surface area contributed by atoms with E-state index in [1.807, 2.05) is 6.07 Å². The van der Waals surface area contributed by atoms with Gasteiger partial charge in [-0.3, -0.25) is 4.79 Å². The summed E-state index contributed by atoms with van der Waals surface area (Å²) in [6.07, 6.45) is 2.36. The molecule has 1 amide bonds. The first-order chi connectivity index (χ1) is 12.0. The van der Waals surface area contributed by atoms with Crippen molar-refractivity contribution in [2.24, 2.45) is 0 Å². The molecule has 0 spiro atoms. The van der Waals surface area contributed by atoms with Crippen molar-refractivity contribution in [2.75, 3.05) is 18.4 Å². The maximum Gasteiger partial charge on any atom is 0.337 e. The highest BCUT2D eigenvalue weighted by molar-refractivity contribution is 7.97. The first-order valence-corrected chi connectivity index (χ1v) is 9.06. The molecule has 0 radical (unpaired) electrons. The van der Waals surface area contributed by atoms with E-state index in [-0.39, 0.29) is 11.3 Å². The molecular formula is C18H17ClN2O3S. The summed E-state index contributed by atoms with van der Waals surface area (Å²) in [6.45, 7) is 2.06. The van der Waals surface area contributed by atoms with Crippen molar-refractivity contribution in [3.8, 4) is 0 Å². The number of carboxylic acid groups (broad SMARTS) is 1. The number of aromatic carboxylic acids is 1. The summed E-state index contributed by atoms with van der Waals surface area (Å²) in [5.74, 6) is -1.53. The normalized spacial score (nSPS) is 14.4. The summed E-state index contributed by atoms with van der Waals surface area (Å²) in [6, 6.07) is 11.6. The smallest absolute Gasteiger partial charge is 0.337 e. The number of para-hydroxylation sites is 1. The number of carboxylic acids is 1. The van der Waals surface area contributed by atoms with Gasteiger partial charge in [-0.15, -0.1) is 0 Å². The molecule has 0 aliphatic carbocycles. The molecule has 130 valence electrons. The largest absolute Gasteiger partial charge is 0.478 e. The minimum Gasteiger partial charge on any atom is -0.478 e. The van der Waals surface area contributed by atoms with Crippen LogP contribution in [0.1, 0.15) is 33.6 Å². The number of anilines is 1. The number of nitrogens with zero attached hydrogens (tertiary/aromatic N) is 1. The van der Waals surface area contributed by atoms with Crippen LogP contribution in [0.15, 0.2) is 47.4 Å². The van der Waals surface area contributed by atoms with Gasteiger partial charge in [0.15, 0.2) is 0 Å². The lowest BCUT2D eigenvalue weighted by Crippen LogP contribution is -2.15. The average molecular weight is 377 g/mol. The van der Waals surface area contributed by atoms with Crippen molar-refractivity contribution in [1.82, 2.24) is 4.31 Å². The highest BCUT2D eigenvalue weighted by atomic mass is 35.5. The maximum atomic E-state index is 12.6. The average Bonchev–Trinajstić information content (AvgIpc) is 3.10. The van der Waals surface area contributed by atoms with Crippen LogP contribution in [0.5, 0.6) is 0 Å². The van der Waals surface area contributed by atoms with Crippen LogP contribution in [-0.4, -0.2) is 34.4 Å². The number of hydrogen-bond donors (Lipinski definition) is 2. The number of amides is 1. The van der Waals surface area contributed by atoms with Crippen LogP contribution >= 0.6 is 23.5 Å². The molecule has 2 aromatic rings. The van der Waals surface area contributed by atoms with Gasteiger partial charge in [-0.1, -0.05) is 23.7 Å². The molecule has 1 heterocycles. The Morgan fingerprint density at radius 3 is 2.52 bits per heavy atom. The summed E-state index contributed by atoms with van der Waals surface area (Å²) < 4.78 is 2.25. The molecule has 25 heavy (non-hydrogen) atoms. The van der Waals surface area contributed by atoms with Gasteiger partial charge < -0.3 is 10.4 Å². The molecule has 5 nitrogen and oxygen atoms in total. The maximum absolute atomic E-state index is 12.6. The molecule has 1 fully saturated rings. The molecule has 2 aromatic carbocycles. The standard InChI is InChI=1S/C18H17ClN2O3S/c19-15-8-7-12(25-21-9-3-4-10-21)11-14(15)17(22)20-16-6-2-1-5-13(16)18(23)24/h1-2,5-8,11H,3-4,9-10H2,(H,20,22)(H,23,24). The van der Waals surface area contributed by atoms with Crippen LogP contribution < -0.4 is 5.32 Å². The minimum absolute atomic E-state index is 0.0366. The molecule has 1 saturated heterocycles. The second kappa shape index (κ2) is 7.91. The first-order valence-electron chi connectivity index (χ1n) is 7.91. The second-order valence-electron chi connectivity index (χ2n) is 5.67. The molecule has 0 aromatic heterocycles. The fourth-order valence-corrected chi connectivity index (χ4v) is 3.87. The zero-order valence-corrected chi connectivity index (χ0v) is 14.9. The minimum atomic E-state index is -1.10. The number of carbonyl (C=O) groups excluding carboxylic acids is 1. The number of benzene rings is 2. The van der Waals surface area contributed by atoms with Gasteiger partial charge in [0.2, 0.25) is 0 Å². The third-order valence-electron chi connectivity index (χ3n) is 3.89. The van der Waals surface area contributed by atoms with E-state index < -0.39 is 11.9 Å². The SMILES string of the molecule is O=C(Nc1ccccc1C(=O)O)c1cc(SN2CCCC2)ccc1Cl. The molecule has 0 unspecified atom stereocenters. The van der Waals surface area contributed by atoms with Crippen LogP contribution in [0.3, 0.4) is 0 Å². The molecule has 3 rings (SSSR count). The van der Waals surface area contributed by atoms with Crippen molar-refractivity contribution >= 4 is 41.1 Å². The van der Waals surface area contributed by atoms with Crippen molar-refractivity contribution in [2.45, 2.75) is 17.7 Å². The lowest BCUT2D eigenvalue weighted by atomic mass is 10.1. The monoisotopic (exact) mass is 376 g/mol. The van der Waals surface area contributed by atoms with E-state index in [0.29, 0.717) is 10.6 Å². The highest BCUT2D eigenvalue weighted by Crippen LogP contribution is 2.30. The van der Waals surface area contributed by atoms with E-state index in [1.54, 1.807) is 42.3 Å². The highest BCUT2D eigenvalue weighted by Gasteiger charge is 2.18. The molecule has 7 heteroatoms. The van der Waals surface area contributed by atoms with Crippen LogP contribution in [-0.2, 0) is 0 Å². The van der Waals surface area contributed by atoms with Crippen molar-refractivity contribution in [3.05, 3.63) is 58.6 Å². The number of nitrogens with one attached hydrogen (secondary N) is 1. The first kappa shape index (κ1) is 17.8. The Balaban J connectivity index is 1.80. The van der Waals surface area contributed by atoms with E-state index in [9.17, 15) is 14.7 Å². The van der Waals surface area contributed by atoms with E-state index in [1.165, 1.54) is 18.9 Å². The van der Waals surface area contributed by atoms with E-state index in [2.05, 4.69) is 9.62 Å². The Kier molecular flexibility index (Phi) is 5.63. The number of carbonyl (C=O) groups is 2. The van der Waals surface area contributed by atoms with Gasteiger partial charge >= 0.3 is 5.97 Å². The zero-order chi connectivity index (χ0) is 17.8. The summed E-state index contributed by atoms with van der Waals surface area (Å²) in [5, 5.41) is 12.2. The molecular weight excluding hydrogens is 360 g/mol. The second-order valence-corrected chi connectivity index (χ2v) is 7.25. The van der Waals surface area contributed by atoms with E-state index in [4.69, 9.17) is 11.6 Å². The molecule has 1 aliphatic rings. The molecule has 0 bridgehead atoms. The molecule has 1 aliphatic heterocycles. The molecule has 2 N–H and O–H groups in total. The fraction of sp³-hybridized carbons (Fsp3) is 0.222. The molecule has 0 saturated carbocycles. The van der Waals surface area contributed by atoms with Gasteiger partial charge in [-0.25, -0.2) is 9.10 Å². The Bertz CT molecular complexity index is 807. The van der Waals surface area contributed by atoms with Crippen LogP contribution in [0, 0.1) is 0 Å². The van der Waals surface area contributed by atoms with Crippen molar-refractivity contribution in [3.63, 3.8) is 0 Å². The van der Waals surface area contributed by atoms with Gasteiger partial charge in [-0.05, 0) is 55.1 Å². The predicted octanol–water partition coefficient (Wildman–Crippen LogP) is 4.39. The number of rotatable bonds is 5. The van der Waals surface area contributed by atoms with Crippen LogP contribution in [0.25, 0.3) is 0 Å². The summed E-state index contributed by atoms with van der Waals surface area (Å²) >= 11 is 7.78. The van der Waals surface area contributed by atoms with Crippen LogP contribution in [0.2, 0.25) is 5.02 Å². The topological polar surface area (TPSA) is 69.6 Å². The van der Waals surface area contributed by atoms with Gasteiger partial charge in [0, 0.05) is 18.0 Å². The zero-order valence-electron chi connectivity index (χ0n) is 13.4. The summed E-state index contributed by atoms with van der Waals surface area (Å²) in [5.41, 5.74) is 0.606. The summed E-state index contributed by atoms with van der Waals surface area (Å²) in [7, 11) is 0. The Morgan fingerprint density at radius 1 is 1.08 bits per heavy atom. The Morgan fingerprint density at radius 2 is 1.80 bits per heavy atom. The number of hydrogen-bond acceptors (Lipinski definition) is 4. The van der Waals surface area contributed by atoms with E-state index in [0.717, 1.165) is 18.0 Å². The van der Waals surface area contributed by atoms with Crippen LogP contribution in [0.4, 0.5) is 5.69 Å². The van der Waals surface area contributed by atoms with Gasteiger partial charge in [0.1, 0.15) is 0 Å². The number of halogens is 1. The van der Waals surface area contributed by atoms with E-state index >= 15 is 0 Å². The van der Waals surface area contributed by atoms with Gasteiger partial charge in [-0.2, -0.15) is 0 Å². The van der Waals surface area contributed by atoms with Gasteiger partial charge in [0.05, 0.1) is 21.8 Å². The van der Waals surface area contributed by atoms with Crippen molar-refractivity contribution < 1.29 is 14.7 Å². The Labute approximate surface area is 155 Å². The third-order valence-corrected chi connectivity index (χ3v) is 5.31.